The van der Waals surface area contributed by atoms with Gasteiger partial charge in [0.1, 0.15) is 11.7 Å². The highest BCUT2D eigenvalue weighted by atomic mass is 32.1. The van der Waals surface area contributed by atoms with E-state index in [2.05, 4.69) is 86.2 Å². The standard InChI is InChI=1S/C28H17N4S/c1-4-10-25-21(6-1)27-19(7-5-11-26(27)33-25)18-12-13-20-23(16-18)30-17-31-28(20)32-15-14-29-22-8-2-3-9-24(22)32/h1-17H/q+1. The molecule has 0 bridgehead atoms. The van der Waals surface area contributed by atoms with Crippen LogP contribution in [0.15, 0.2) is 104 Å². The monoisotopic (exact) mass is 441 g/mol. The fourth-order valence-electron chi connectivity index (χ4n) is 4.64. The summed E-state index contributed by atoms with van der Waals surface area (Å²) in [5.41, 5.74) is 5.25. The van der Waals surface area contributed by atoms with Crippen molar-refractivity contribution in [1.82, 2.24) is 15.0 Å². The number of aromatic nitrogens is 4. The minimum Gasteiger partial charge on any atom is -0.249 e. The Labute approximate surface area is 193 Å². The van der Waals surface area contributed by atoms with Crippen LogP contribution in [-0.2, 0) is 0 Å². The summed E-state index contributed by atoms with van der Waals surface area (Å²) in [4.78, 5) is 13.8. The summed E-state index contributed by atoms with van der Waals surface area (Å²) in [6, 6.07) is 29.8. The average molecular weight is 442 g/mol. The van der Waals surface area contributed by atoms with Crippen LogP contribution in [0.25, 0.3) is 59.1 Å². The zero-order valence-electron chi connectivity index (χ0n) is 17.5. The molecule has 7 aromatic rings. The van der Waals surface area contributed by atoms with Crippen molar-refractivity contribution in [2.75, 3.05) is 0 Å². The summed E-state index contributed by atoms with van der Waals surface area (Å²) in [6.45, 7) is 0. The summed E-state index contributed by atoms with van der Waals surface area (Å²) >= 11 is 1.84. The van der Waals surface area contributed by atoms with Crippen LogP contribution in [0.1, 0.15) is 0 Å². The van der Waals surface area contributed by atoms with E-state index in [0.29, 0.717) is 0 Å². The minimum atomic E-state index is 0.851. The number of fused-ring (bicyclic) bond motifs is 5. The molecule has 3 aromatic heterocycles. The second-order valence-electron chi connectivity index (χ2n) is 7.99. The molecule has 0 saturated heterocycles. The fraction of sp³-hybridized carbons (Fsp3) is 0. The quantitative estimate of drug-likeness (QED) is 0.288. The Kier molecular flexibility index (Phi) is 3.98. The van der Waals surface area contributed by atoms with Crippen molar-refractivity contribution in [3.63, 3.8) is 0 Å². The molecule has 0 N–H and O–H groups in total. The second kappa shape index (κ2) is 7.15. The van der Waals surface area contributed by atoms with Gasteiger partial charge in [0.05, 0.1) is 17.1 Å². The molecule has 4 nitrogen and oxygen atoms in total. The predicted molar refractivity (Wildman–Crippen MR) is 135 cm³/mol. The Balaban J connectivity index is 1.47. The first-order chi connectivity index (χ1) is 16.4. The Morgan fingerprint density at radius 1 is 0.667 bits per heavy atom. The van der Waals surface area contributed by atoms with Gasteiger partial charge in [0.2, 0.25) is 6.33 Å². The molecule has 5 heteroatoms. The van der Waals surface area contributed by atoms with Crippen molar-refractivity contribution in [2.45, 2.75) is 0 Å². The van der Waals surface area contributed by atoms with Gasteiger partial charge >= 0.3 is 5.82 Å². The third kappa shape index (κ3) is 2.83. The topological polar surface area (TPSA) is 42.5 Å². The molecule has 0 amide bonds. The maximum Gasteiger partial charge on any atom is 0.339 e. The molecular formula is C28H17N4S+. The van der Waals surface area contributed by atoms with Gasteiger partial charge in [0, 0.05) is 20.2 Å². The van der Waals surface area contributed by atoms with Crippen molar-refractivity contribution in [2.24, 2.45) is 0 Å². The summed E-state index contributed by atoms with van der Waals surface area (Å²) in [7, 11) is 0. The smallest absolute Gasteiger partial charge is 0.249 e. The lowest BCUT2D eigenvalue weighted by Crippen LogP contribution is -2.33. The number of benzene rings is 4. The largest absolute Gasteiger partial charge is 0.339 e. The van der Waals surface area contributed by atoms with Crippen LogP contribution in [0.3, 0.4) is 0 Å². The van der Waals surface area contributed by atoms with Crippen LogP contribution in [0.4, 0.5) is 0 Å². The lowest BCUT2D eigenvalue weighted by atomic mass is 9.98. The van der Waals surface area contributed by atoms with E-state index >= 15 is 0 Å². The first-order valence-corrected chi connectivity index (χ1v) is 11.6. The van der Waals surface area contributed by atoms with E-state index in [1.165, 1.54) is 25.7 Å². The molecule has 154 valence electrons. The maximum atomic E-state index is 4.64. The van der Waals surface area contributed by atoms with Crippen LogP contribution >= 0.6 is 11.3 Å². The SMILES string of the molecule is c1ccc2c(c1)ncc[n+]2-c1ncnc2cc(-c3cccc4sc5ccccc5c34)ccc12. The van der Waals surface area contributed by atoms with Crippen molar-refractivity contribution < 1.29 is 4.57 Å². The Bertz CT molecular complexity index is 1830. The lowest BCUT2D eigenvalue weighted by molar-refractivity contribution is -0.570. The predicted octanol–water partition coefficient (Wildman–Crippen LogP) is 6.49. The van der Waals surface area contributed by atoms with Crippen molar-refractivity contribution >= 4 is 53.4 Å². The molecule has 0 aliphatic rings. The molecule has 0 atom stereocenters. The van der Waals surface area contributed by atoms with Crippen LogP contribution < -0.4 is 4.57 Å². The fourth-order valence-corrected chi connectivity index (χ4v) is 5.77. The maximum absolute atomic E-state index is 4.64. The summed E-state index contributed by atoms with van der Waals surface area (Å²) in [5.74, 6) is 0.851. The third-order valence-corrected chi connectivity index (χ3v) is 7.26. The normalized spacial score (nSPS) is 11.6. The molecule has 0 radical (unpaired) electrons. The molecule has 7 rings (SSSR count). The molecule has 0 aliphatic heterocycles. The average Bonchev–Trinajstić information content (AvgIpc) is 3.26. The highest BCUT2D eigenvalue weighted by molar-refractivity contribution is 7.25. The van der Waals surface area contributed by atoms with E-state index in [4.69, 9.17) is 0 Å². The van der Waals surface area contributed by atoms with Crippen LogP contribution in [0.5, 0.6) is 0 Å². The van der Waals surface area contributed by atoms with Gasteiger partial charge in [-0.3, -0.25) is 0 Å². The van der Waals surface area contributed by atoms with Gasteiger partial charge < -0.3 is 0 Å². The molecule has 0 saturated carbocycles. The van der Waals surface area contributed by atoms with E-state index in [9.17, 15) is 0 Å². The van der Waals surface area contributed by atoms with E-state index in [1.807, 2.05) is 41.9 Å². The molecule has 0 unspecified atom stereocenters. The van der Waals surface area contributed by atoms with E-state index in [0.717, 1.165) is 33.3 Å². The van der Waals surface area contributed by atoms with Gasteiger partial charge in [0.15, 0.2) is 5.52 Å². The number of hydrogen-bond donors (Lipinski definition) is 0. The van der Waals surface area contributed by atoms with Crippen molar-refractivity contribution in [3.8, 4) is 16.9 Å². The van der Waals surface area contributed by atoms with Gasteiger partial charge in [0.25, 0.3) is 0 Å². The zero-order valence-corrected chi connectivity index (χ0v) is 18.3. The van der Waals surface area contributed by atoms with Crippen LogP contribution in [0, 0.1) is 0 Å². The number of thiophene rings is 1. The van der Waals surface area contributed by atoms with Gasteiger partial charge in [-0.2, -0.15) is 4.57 Å². The van der Waals surface area contributed by atoms with Crippen molar-refractivity contribution in [3.05, 3.63) is 104 Å². The number of para-hydroxylation sites is 2. The minimum absolute atomic E-state index is 0.851. The highest BCUT2D eigenvalue weighted by Crippen LogP contribution is 2.40. The zero-order chi connectivity index (χ0) is 21.8. The van der Waals surface area contributed by atoms with Gasteiger partial charge in [-0.25, -0.2) is 9.97 Å². The first-order valence-electron chi connectivity index (χ1n) is 10.8. The number of nitrogens with zero attached hydrogens (tertiary/aromatic N) is 4. The summed E-state index contributed by atoms with van der Waals surface area (Å²) < 4.78 is 4.70. The van der Waals surface area contributed by atoms with E-state index in [-0.39, 0.29) is 0 Å². The van der Waals surface area contributed by atoms with Gasteiger partial charge in [-0.1, -0.05) is 48.5 Å². The van der Waals surface area contributed by atoms with Gasteiger partial charge in [-0.15, -0.1) is 11.3 Å². The molecule has 0 fully saturated rings. The molecule has 0 aliphatic carbocycles. The Morgan fingerprint density at radius 3 is 2.55 bits per heavy atom. The van der Waals surface area contributed by atoms with Crippen molar-refractivity contribution in [1.29, 1.82) is 0 Å². The summed E-state index contributed by atoms with van der Waals surface area (Å²) in [5, 5.41) is 3.61. The molecule has 3 heterocycles. The number of rotatable bonds is 2. The number of hydrogen-bond acceptors (Lipinski definition) is 4. The third-order valence-electron chi connectivity index (χ3n) is 6.13. The van der Waals surface area contributed by atoms with Crippen LogP contribution in [-0.4, -0.2) is 15.0 Å². The molecule has 4 aromatic carbocycles. The van der Waals surface area contributed by atoms with Crippen LogP contribution in [0.2, 0.25) is 0 Å². The Hall–Kier alpha value is -4.22. The molecule has 0 spiro atoms. The van der Waals surface area contributed by atoms with E-state index in [1.54, 1.807) is 6.33 Å². The first kappa shape index (κ1) is 18.4. The molecule has 33 heavy (non-hydrogen) atoms. The Morgan fingerprint density at radius 2 is 1.55 bits per heavy atom. The lowest BCUT2D eigenvalue weighted by Gasteiger charge is -2.07. The van der Waals surface area contributed by atoms with Gasteiger partial charge in [-0.05, 0) is 52.5 Å². The second-order valence-corrected chi connectivity index (χ2v) is 9.08. The van der Waals surface area contributed by atoms with E-state index < -0.39 is 0 Å². The highest BCUT2D eigenvalue weighted by Gasteiger charge is 2.18. The summed E-state index contributed by atoms with van der Waals surface area (Å²) in [6.07, 6.45) is 5.41. The molecular weight excluding hydrogens is 424 g/mol.